The summed E-state index contributed by atoms with van der Waals surface area (Å²) in [4.78, 5) is 17.2. The van der Waals surface area contributed by atoms with E-state index in [9.17, 15) is 4.79 Å². The lowest BCUT2D eigenvalue weighted by molar-refractivity contribution is 0.0946. The molecule has 8 heteroatoms. The Morgan fingerprint density at radius 1 is 1.06 bits per heavy atom. The summed E-state index contributed by atoms with van der Waals surface area (Å²) in [6.07, 6.45) is 3.33. The highest BCUT2D eigenvalue weighted by Crippen LogP contribution is 2.27. The fraction of sp³-hybridized carbons (Fsp3) is 0.167. The van der Waals surface area contributed by atoms with Crippen LogP contribution in [0.25, 0.3) is 16.9 Å². The van der Waals surface area contributed by atoms with E-state index in [-0.39, 0.29) is 11.6 Å². The van der Waals surface area contributed by atoms with Crippen LogP contribution in [0.3, 0.4) is 0 Å². The number of carbonyl (C=O) groups excluding carboxylic acids is 1. The molecule has 0 bridgehead atoms. The maximum absolute atomic E-state index is 13.1. The number of benzene rings is 2. The molecule has 4 rings (SSSR count). The number of ether oxygens (including phenoxy) is 2. The third kappa shape index (κ3) is 4.44. The first-order valence-corrected chi connectivity index (χ1v) is 10.2. The van der Waals surface area contributed by atoms with Crippen molar-refractivity contribution in [3.63, 3.8) is 0 Å². The molecule has 1 N–H and O–H groups in total. The number of nitrogens with zero attached hydrogens (tertiary/aromatic N) is 4. The minimum atomic E-state index is -0.336. The lowest BCUT2D eigenvalue weighted by Crippen LogP contribution is -2.24. The maximum Gasteiger partial charge on any atom is 0.274 e. The van der Waals surface area contributed by atoms with Crippen molar-refractivity contribution in [2.45, 2.75) is 13.5 Å². The Kier molecular flexibility index (Phi) is 6.41. The Balaban J connectivity index is 1.68. The van der Waals surface area contributed by atoms with Crippen molar-refractivity contribution in [1.29, 1.82) is 0 Å². The van der Waals surface area contributed by atoms with Gasteiger partial charge in [-0.3, -0.25) is 9.78 Å². The molecule has 32 heavy (non-hydrogen) atoms. The molecule has 0 saturated heterocycles. The van der Waals surface area contributed by atoms with Gasteiger partial charge in [0.2, 0.25) is 0 Å². The fourth-order valence-electron chi connectivity index (χ4n) is 3.33. The number of hydrogen-bond donors (Lipinski definition) is 1. The summed E-state index contributed by atoms with van der Waals surface area (Å²) in [5, 5.41) is 11.4. The van der Waals surface area contributed by atoms with Crippen LogP contribution < -0.4 is 14.8 Å². The average Bonchev–Trinajstić information content (AvgIpc) is 3.29. The van der Waals surface area contributed by atoms with E-state index in [0.29, 0.717) is 24.6 Å². The smallest absolute Gasteiger partial charge is 0.274 e. The molecule has 0 unspecified atom stereocenters. The molecule has 0 aliphatic heterocycles. The summed E-state index contributed by atoms with van der Waals surface area (Å²) in [7, 11) is 1.60. The quantitative estimate of drug-likeness (QED) is 0.460. The molecule has 2 aromatic heterocycles. The monoisotopic (exact) mass is 429 g/mol. The standard InChI is InChI=1S/C24H23N5O3/c1-3-32-21-10-5-4-7-18(21)16-26-24(30)22-23(17-11-13-25-14-12-17)29(28-27-22)19-8-6-9-20(15-19)31-2/h4-15H,3,16H2,1-2H3,(H,26,30). The van der Waals surface area contributed by atoms with Gasteiger partial charge in [0.25, 0.3) is 5.91 Å². The van der Waals surface area contributed by atoms with Crippen molar-refractivity contribution in [2.24, 2.45) is 0 Å². The van der Waals surface area contributed by atoms with Gasteiger partial charge in [-0.1, -0.05) is 29.5 Å². The highest BCUT2D eigenvalue weighted by atomic mass is 16.5. The number of methoxy groups -OCH3 is 1. The maximum atomic E-state index is 13.1. The van der Waals surface area contributed by atoms with Crippen molar-refractivity contribution in [1.82, 2.24) is 25.3 Å². The number of carbonyl (C=O) groups is 1. The van der Waals surface area contributed by atoms with Crippen LogP contribution in [0.5, 0.6) is 11.5 Å². The predicted octanol–water partition coefficient (Wildman–Crippen LogP) is 3.67. The van der Waals surface area contributed by atoms with Gasteiger partial charge in [0, 0.05) is 36.1 Å². The minimum absolute atomic E-state index is 0.216. The lowest BCUT2D eigenvalue weighted by atomic mass is 10.1. The Bertz CT molecular complexity index is 1210. The van der Waals surface area contributed by atoms with E-state index in [1.54, 1.807) is 24.2 Å². The van der Waals surface area contributed by atoms with Crippen molar-refractivity contribution in [3.05, 3.63) is 84.3 Å². The van der Waals surface area contributed by atoms with Crippen LogP contribution in [0, 0.1) is 0 Å². The van der Waals surface area contributed by atoms with E-state index in [1.807, 2.05) is 67.6 Å². The first-order chi connectivity index (χ1) is 15.7. The van der Waals surface area contributed by atoms with Crippen molar-refractivity contribution >= 4 is 5.91 Å². The zero-order valence-electron chi connectivity index (χ0n) is 17.9. The van der Waals surface area contributed by atoms with Gasteiger partial charge >= 0.3 is 0 Å². The molecule has 2 aromatic carbocycles. The lowest BCUT2D eigenvalue weighted by Gasteiger charge is -2.11. The van der Waals surface area contributed by atoms with E-state index in [0.717, 1.165) is 22.6 Å². The van der Waals surface area contributed by atoms with Gasteiger partial charge < -0.3 is 14.8 Å². The molecular weight excluding hydrogens is 406 g/mol. The molecule has 0 fully saturated rings. The Morgan fingerprint density at radius 2 is 1.88 bits per heavy atom. The van der Waals surface area contributed by atoms with Crippen LogP contribution in [-0.4, -0.2) is 39.6 Å². The van der Waals surface area contributed by atoms with Gasteiger partial charge in [-0.05, 0) is 37.3 Å². The van der Waals surface area contributed by atoms with Gasteiger partial charge in [0.1, 0.15) is 17.2 Å². The van der Waals surface area contributed by atoms with Crippen LogP contribution in [0.4, 0.5) is 0 Å². The van der Waals surface area contributed by atoms with Crippen molar-refractivity contribution in [3.8, 4) is 28.4 Å². The zero-order chi connectivity index (χ0) is 22.3. The largest absolute Gasteiger partial charge is 0.497 e. The third-order valence-corrected chi connectivity index (χ3v) is 4.85. The number of aromatic nitrogens is 4. The number of hydrogen-bond acceptors (Lipinski definition) is 6. The number of rotatable bonds is 8. The van der Waals surface area contributed by atoms with Crippen LogP contribution in [0.1, 0.15) is 23.0 Å². The van der Waals surface area contributed by atoms with Crippen LogP contribution >= 0.6 is 0 Å². The average molecular weight is 429 g/mol. The van der Waals surface area contributed by atoms with Crippen molar-refractivity contribution in [2.75, 3.05) is 13.7 Å². The second-order valence-corrected chi connectivity index (χ2v) is 6.86. The van der Waals surface area contributed by atoms with Crippen LogP contribution in [-0.2, 0) is 6.54 Å². The first kappa shape index (κ1) is 21.0. The molecule has 0 aliphatic rings. The molecule has 0 saturated carbocycles. The van der Waals surface area contributed by atoms with Crippen LogP contribution in [0.2, 0.25) is 0 Å². The van der Waals surface area contributed by atoms with Crippen molar-refractivity contribution < 1.29 is 14.3 Å². The molecular formula is C24H23N5O3. The van der Waals surface area contributed by atoms with E-state index in [1.165, 1.54) is 0 Å². The van der Waals surface area contributed by atoms with Gasteiger partial charge in [-0.2, -0.15) is 0 Å². The number of amides is 1. The number of para-hydroxylation sites is 1. The third-order valence-electron chi connectivity index (χ3n) is 4.85. The van der Waals surface area contributed by atoms with Gasteiger partial charge in [0.05, 0.1) is 19.4 Å². The van der Waals surface area contributed by atoms with Crippen LogP contribution in [0.15, 0.2) is 73.1 Å². The Labute approximate surface area is 185 Å². The van der Waals surface area contributed by atoms with E-state index in [2.05, 4.69) is 20.6 Å². The molecule has 4 aromatic rings. The highest BCUT2D eigenvalue weighted by molar-refractivity contribution is 5.98. The van der Waals surface area contributed by atoms with Gasteiger partial charge in [-0.15, -0.1) is 5.10 Å². The second kappa shape index (κ2) is 9.74. The fourth-order valence-corrected chi connectivity index (χ4v) is 3.33. The minimum Gasteiger partial charge on any atom is -0.497 e. The molecule has 0 atom stereocenters. The van der Waals surface area contributed by atoms with Gasteiger partial charge in [-0.25, -0.2) is 4.68 Å². The first-order valence-electron chi connectivity index (χ1n) is 10.2. The summed E-state index contributed by atoms with van der Waals surface area (Å²) in [5.74, 6) is 1.08. The van der Waals surface area contributed by atoms with Gasteiger partial charge in [0.15, 0.2) is 5.69 Å². The molecule has 1 amide bonds. The summed E-state index contributed by atoms with van der Waals surface area (Å²) in [6, 6.07) is 18.7. The topological polar surface area (TPSA) is 91.2 Å². The molecule has 0 spiro atoms. The SMILES string of the molecule is CCOc1ccccc1CNC(=O)c1nnn(-c2cccc(OC)c2)c1-c1ccncc1. The second-order valence-electron chi connectivity index (χ2n) is 6.86. The van der Waals surface area contributed by atoms with E-state index < -0.39 is 0 Å². The number of nitrogens with one attached hydrogen (secondary N) is 1. The number of pyridine rings is 1. The summed E-state index contributed by atoms with van der Waals surface area (Å²) >= 11 is 0. The van der Waals surface area contributed by atoms with E-state index >= 15 is 0 Å². The van der Waals surface area contributed by atoms with E-state index in [4.69, 9.17) is 9.47 Å². The summed E-state index contributed by atoms with van der Waals surface area (Å²) in [5.41, 5.74) is 3.16. The Hall–Kier alpha value is -4.20. The zero-order valence-corrected chi connectivity index (χ0v) is 17.9. The normalized spacial score (nSPS) is 10.6. The molecule has 8 nitrogen and oxygen atoms in total. The Morgan fingerprint density at radius 3 is 2.66 bits per heavy atom. The molecule has 2 heterocycles. The summed E-state index contributed by atoms with van der Waals surface area (Å²) in [6.45, 7) is 2.77. The molecule has 0 aliphatic carbocycles. The molecule has 162 valence electrons. The summed E-state index contributed by atoms with van der Waals surface area (Å²) < 4.78 is 12.6. The predicted molar refractivity (Wildman–Crippen MR) is 120 cm³/mol. The highest BCUT2D eigenvalue weighted by Gasteiger charge is 2.22. The molecule has 0 radical (unpaired) electrons.